The highest BCUT2D eigenvalue weighted by Crippen LogP contribution is 2.40. The van der Waals surface area contributed by atoms with Crippen LogP contribution in [-0.2, 0) is 0 Å². The minimum atomic E-state index is 0.516. The lowest BCUT2D eigenvalue weighted by Gasteiger charge is -1.91. The molecule has 4 aromatic rings. The predicted octanol–water partition coefficient (Wildman–Crippen LogP) is 3.39. The van der Waals surface area contributed by atoms with E-state index in [2.05, 4.69) is 20.5 Å². The van der Waals surface area contributed by atoms with Crippen LogP contribution in [0.25, 0.3) is 27.0 Å². The van der Waals surface area contributed by atoms with E-state index in [1.807, 2.05) is 40.9 Å². The van der Waals surface area contributed by atoms with E-state index in [1.165, 1.54) is 24.2 Å². The second kappa shape index (κ2) is 4.48. The third kappa shape index (κ3) is 1.86. The molecular weight excluding hydrogens is 298 g/mol. The molecule has 3 heterocycles. The molecule has 7 heteroatoms. The van der Waals surface area contributed by atoms with Gasteiger partial charge in [0.05, 0.1) is 0 Å². The van der Waals surface area contributed by atoms with Crippen molar-refractivity contribution in [3.8, 4) is 22.0 Å². The minimum absolute atomic E-state index is 0.516. The first-order chi connectivity index (χ1) is 10.9. The highest BCUT2D eigenvalue weighted by atomic mass is 32.1. The van der Waals surface area contributed by atoms with Gasteiger partial charge in [-0.2, -0.15) is 9.61 Å². The molecule has 0 radical (unpaired) electrons. The summed E-state index contributed by atoms with van der Waals surface area (Å²) in [6.45, 7) is 0. The Labute approximate surface area is 129 Å². The van der Waals surface area contributed by atoms with Crippen molar-refractivity contribution in [1.29, 1.82) is 0 Å². The Morgan fingerprint density at radius 1 is 1.14 bits per heavy atom. The van der Waals surface area contributed by atoms with Crippen LogP contribution in [0.5, 0.6) is 0 Å². The summed E-state index contributed by atoms with van der Waals surface area (Å²) in [5.41, 5.74) is 1.74. The molecule has 1 aromatic carbocycles. The van der Waals surface area contributed by atoms with Crippen LogP contribution in [0.1, 0.15) is 24.6 Å². The van der Waals surface area contributed by atoms with Crippen molar-refractivity contribution in [1.82, 2.24) is 25.0 Å². The van der Waals surface area contributed by atoms with Gasteiger partial charge in [0.1, 0.15) is 5.69 Å². The standard InChI is InChI=1S/C15H11N5OS/c1-2-4-9(5-3-1)12-8-11(19-21-12)14-18-20-13(10-6-7-10)16-17-15(20)22-14/h1-5,8,10H,6-7H2. The zero-order valence-electron chi connectivity index (χ0n) is 11.5. The number of hydrogen-bond acceptors (Lipinski definition) is 6. The monoisotopic (exact) mass is 309 g/mol. The van der Waals surface area contributed by atoms with Crippen LogP contribution < -0.4 is 0 Å². The van der Waals surface area contributed by atoms with Crippen molar-refractivity contribution in [2.75, 3.05) is 0 Å². The summed E-state index contributed by atoms with van der Waals surface area (Å²) in [5.74, 6) is 2.22. The second-order valence-corrected chi connectivity index (χ2v) is 6.33. The van der Waals surface area contributed by atoms with Gasteiger partial charge in [-0.15, -0.1) is 10.2 Å². The lowest BCUT2D eigenvalue weighted by atomic mass is 10.2. The number of nitrogens with zero attached hydrogens (tertiary/aromatic N) is 5. The Balaban J connectivity index is 1.56. The third-order valence-electron chi connectivity index (χ3n) is 3.75. The van der Waals surface area contributed by atoms with Gasteiger partial charge in [-0.25, -0.2) is 0 Å². The lowest BCUT2D eigenvalue weighted by molar-refractivity contribution is 0.435. The van der Waals surface area contributed by atoms with Crippen molar-refractivity contribution < 1.29 is 4.52 Å². The summed E-state index contributed by atoms with van der Waals surface area (Å²) >= 11 is 1.48. The summed E-state index contributed by atoms with van der Waals surface area (Å²) in [4.78, 5) is 0.807. The van der Waals surface area contributed by atoms with E-state index in [-0.39, 0.29) is 0 Å². The van der Waals surface area contributed by atoms with Gasteiger partial charge in [0.2, 0.25) is 4.96 Å². The maximum atomic E-state index is 5.44. The molecule has 1 fully saturated rings. The fraction of sp³-hybridized carbons (Fsp3) is 0.200. The first-order valence-corrected chi connectivity index (χ1v) is 7.95. The predicted molar refractivity (Wildman–Crippen MR) is 81.6 cm³/mol. The summed E-state index contributed by atoms with van der Waals surface area (Å²) < 4.78 is 7.28. The third-order valence-corrected chi connectivity index (χ3v) is 4.67. The quantitative estimate of drug-likeness (QED) is 0.580. The first kappa shape index (κ1) is 12.0. The fourth-order valence-electron chi connectivity index (χ4n) is 2.45. The number of hydrogen-bond donors (Lipinski definition) is 0. The summed E-state index contributed by atoms with van der Waals surface area (Å²) in [7, 11) is 0. The van der Waals surface area contributed by atoms with Crippen LogP contribution >= 0.6 is 11.3 Å². The minimum Gasteiger partial charge on any atom is -0.356 e. The second-order valence-electron chi connectivity index (χ2n) is 5.38. The van der Waals surface area contributed by atoms with E-state index >= 15 is 0 Å². The average molecular weight is 309 g/mol. The number of fused-ring (bicyclic) bond motifs is 1. The van der Waals surface area contributed by atoms with Crippen molar-refractivity contribution >= 4 is 16.3 Å². The maximum absolute atomic E-state index is 5.44. The van der Waals surface area contributed by atoms with Gasteiger partial charge in [0.25, 0.3) is 0 Å². The van der Waals surface area contributed by atoms with Gasteiger partial charge >= 0.3 is 0 Å². The average Bonchev–Trinajstić information content (AvgIpc) is 2.99. The van der Waals surface area contributed by atoms with E-state index < -0.39 is 0 Å². The molecule has 3 aromatic heterocycles. The Kier molecular flexibility index (Phi) is 2.45. The van der Waals surface area contributed by atoms with Gasteiger partial charge in [0, 0.05) is 17.5 Å². The molecule has 6 nitrogen and oxygen atoms in total. The smallest absolute Gasteiger partial charge is 0.235 e. The Morgan fingerprint density at radius 2 is 2.00 bits per heavy atom. The van der Waals surface area contributed by atoms with Crippen molar-refractivity contribution in [3.05, 3.63) is 42.2 Å². The number of rotatable bonds is 3. The Morgan fingerprint density at radius 3 is 2.82 bits per heavy atom. The van der Waals surface area contributed by atoms with E-state index in [0.29, 0.717) is 5.92 Å². The molecule has 1 saturated carbocycles. The van der Waals surface area contributed by atoms with Crippen LogP contribution in [-0.4, -0.2) is 25.0 Å². The van der Waals surface area contributed by atoms with Gasteiger partial charge in [-0.3, -0.25) is 0 Å². The largest absolute Gasteiger partial charge is 0.356 e. The van der Waals surface area contributed by atoms with Crippen molar-refractivity contribution in [3.63, 3.8) is 0 Å². The molecule has 1 aliphatic rings. The van der Waals surface area contributed by atoms with E-state index in [4.69, 9.17) is 4.52 Å². The molecule has 0 aliphatic heterocycles. The molecule has 108 valence electrons. The molecule has 0 amide bonds. The molecule has 5 rings (SSSR count). The van der Waals surface area contributed by atoms with Gasteiger partial charge < -0.3 is 4.52 Å². The molecule has 0 atom stereocenters. The Bertz CT molecular complexity index is 951. The number of benzene rings is 1. The highest BCUT2D eigenvalue weighted by Gasteiger charge is 2.30. The lowest BCUT2D eigenvalue weighted by Crippen LogP contribution is -1.93. The van der Waals surface area contributed by atoms with Crippen LogP contribution in [0.2, 0.25) is 0 Å². The summed E-state index contributed by atoms with van der Waals surface area (Å²) in [6, 6.07) is 11.8. The number of aromatic nitrogens is 5. The van der Waals surface area contributed by atoms with Gasteiger partial charge in [-0.05, 0) is 12.8 Å². The van der Waals surface area contributed by atoms with E-state index in [9.17, 15) is 0 Å². The van der Waals surface area contributed by atoms with Gasteiger partial charge in [0.15, 0.2) is 16.6 Å². The zero-order valence-corrected chi connectivity index (χ0v) is 12.3. The van der Waals surface area contributed by atoms with Crippen LogP contribution in [0.15, 0.2) is 40.9 Å². The first-order valence-electron chi connectivity index (χ1n) is 7.13. The highest BCUT2D eigenvalue weighted by molar-refractivity contribution is 7.19. The van der Waals surface area contributed by atoms with E-state index in [0.717, 1.165) is 32.8 Å². The van der Waals surface area contributed by atoms with Crippen molar-refractivity contribution in [2.24, 2.45) is 0 Å². The summed E-state index contributed by atoms with van der Waals surface area (Å²) in [5, 5.41) is 18.0. The molecule has 0 saturated heterocycles. The molecular formula is C15H11N5OS. The molecule has 0 spiro atoms. The van der Waals surface area contributed by atoms with Crippen LogP contribution in [0.3, 0.4) is 0 Å². The normalized spacial score (nSPS) is 14.7. The fourth-order valence-corrected chi connectivity index (χ4v) is 3.24. The Hall–Kier alpha value is -2.54. The van der Waals surface area contributed by atoms with Gasteiger partial charge in [-0.1, -0.05) is 46.8 Å². The molecule has 22 heavy (non-hydrogen) atoms. The SMILES string of the molecule is c1ccc(-c2cc(-c3nn4c(C5CC5)nnc4s3)no2)cc1. The van der Waals surface area contributed by atoms with Crippen LogP contribution in [0.4, 0.5) is 0 Å². The van der Waals surface area contributed by atoms with Crippen molar-refractivity contribution in [2.45, 2.75) is 18.8 Å². The molecule has 0 unspecified atom stereocenters. The van der Waals surface area contributed by atoms with E-state index in [1.54, 1.807) is 0 Å². The molecule has 1 aliphatic carbocycles. The summed E-state index contributed by atoms with van der Waals surface area (Å²) in [6.07, 6.45) is 2.35. The van der Waals surface area contributed by atoms with Crippen LogP contribution in [0, 0.1) is 0 Å². The molecule has 0 N–H and O–H groups in total. The molecule has 0 bridgehead atoms. The topological polar surface area (TPSA) is 69.1 Å². The zero-order chi connectivity index (χ0) is 14.5. The maximum Gasteiger partial charge on any atom is 0.235 e.